The number of hydrogen-bond acceptors (Lipinski definition) is 2. The Hall–Kier alpha value is -0.643. The SMILES string of the molecule is CCc1n[nH]nc1[Si](C)C. The van der Waals surface area contributed by atoms with Gasteiger partial charge in [-0.25, -0.2) is 0 Å². The van der Waals surface area contributed by atoms with Gasteiger partial charge >= 0.3 is 0 Å². The van der Waals surface area contributed by atoms with Crippen LogP contribution >= 0.6 is 0 Å². The van der Waals surface area contributed by atoms with Crippen LogP contribution in [-0.2, 0) is 6.42 Å². The standard InChI is InChI=1S/C6H12N3Si/c1-4-5-6(10(2)3)8-9-7-5/h4H2,1-3H3,(H,7,8,9). The first-order valence-electron chi connectivity index (χ1n) is 3.46. The molecule has 55 valence electrons. The van der Waals surface area contributed by atoms with E-state index in [2.05, 4.69) is 35.4 Å². The first-order chi connectivity index (χ1) is 4.75. The van der Waals surface area contributed by atoms with Gasteiger partial charge in [0.2, 0.25) is 0 Å². The third-order valence-corrected chi connectivity index (χ3v) is 2.78. The molecule has 0 aromatic carbocycles. The quantitative estimate of drug-likeness (QED) is 0.624. The largest absolute Gasteiger partial charge is 0.198 e. The number of aromatic amines is 1. The van der Waals surface area contributed by atoms with E-state index in [0.29, 0.717) is 0 Å². The Balaban J connectivity index is 2.90. The lowest BCUT2D eigenvalue weighted by molar-refractivity contribution is 0.909. The van der Waals surface area contributed by atoms with Crippen LogP contribution in [-0.4, -0.2) is 24.2 Å². The molecule has 0 aliphatic heterocycles. The van der Waals surface area contributed by atoms with E-state index in [1.807, 2.05) is 0 Å². The first kappa shape index (κ1) is 7.46. The van der Waals surface area contributed by atoms with Crippen LogP contribution in [0.15, 0.2) is 0 Å². The van der Waals surface area contributed by atoms with E-state index in [0.717, 1.165) is 12.1 Å². The van der Waals surface area contributed by atoms with Crippen molar-refractivity contribution in [2.75, 3.05) is 0 Å². The molecule has 0 spiro atoms. The molecule has 1 aromatic heterocycles. The van der Waals surface area contributed by atoms with Crippen molar-refractivity contribution in [1.82, 2.24) is 15.4 Å². The van der Waals surface area contributed by atoms with Crippen molar-refractivity contribution in [3.8, 4) is 0 Å². The highest BCUT2D eigenvalue weighted by Crippen LogP contribution is 1.89. The van der Waals surface area contributed by atoms with Gasteiger partial charge in [0.05, 0.1) is 11.0 Å². The molecule has 1 radical (unpaired) electrons. The maximum atomic E-state index is 4.10. The molecule has 1 aromatic rings. The van der Waals surface area contributed by atoms with Gasteiger partial charge in [0.1, 0.15) is 8.80 Å². The van der Waals surface area contributed by atoms with Crippen molar-refractivity contribution < 1.29 is 0 Å². The van der Waals surface area contributed by atoms with E-state index in [1.165, 1.54) is 5.32 Å². The van der Waals surface area contributed by atoms with Crippen molar-refractivity contribution in [3.63, 3.8) is 0 Å². The Bertz CT molecular complexity index is 207. The fourth-order valence-corrected chi connectivity index (χ4v) is 1.98. The zero-order chi connectivity index (χ0) is 7.56. The maximum Gasteiger partial charge on any atom is 0.109 e. The van der Waals surface area contributed by atoms with Gasteiger partial charge in [0.25, 0.3) is 0 Å². The molecule has 0 amide bonds. The van der Waals surface area contributed by atoms with Gasteiger partial charge in [0, 0.05) is 0 Å². The summed E-state index contributed by atoms with van der Waals surface area (Å²) in [4.78, 5) is 0. The second-order valence-electron chi connectivity index (χ2n) is 2.47. The molecule has 0 unspecified atom stereocenters. The fraction of sp³-hybridized carbons (Fsp3) is 0.667. The number of H-pyrrole nitrogens is 1. The smallest absolute Gasteiger partial charge is 0.109 e. The zero-order valence-corrected chi connectivity index (χ0v) is 7.60. The second-order valence-corrected chi connectivity index (χ2v) is 4.95. The van der Waals surface area contributed by atoms with Gasteiger partial charge in [-0.15, -0.1) is 0 Å². The van der Waals surface area contributed by atoms with Gasteiger partial charge in [-0.3, -0.25) is 0 Å². The molecule has 0 aliphatic carbocycles. The van der Waals surface area contributed by atoms with Gasteiger partial charge in [-0.05, 0) is 6.42 Å². The Labute approximate surface area is 62.5 Å². The van der Waals surface area contributed by atoms with E-state index in [4.69, 9.17) is 0 Å². The summed E-state index contributed by atoms with van der Waals surface area (Å²) in [5, 5.41) is 12.0. The lowest BCUT2D eigenvalue weighted by Gasteiger charge is -1.97. The minimum absolute atomic E-state index is 0.416. The topological polar surface area (TPSA) is 41.6 Å². The number of hydrogen-bond donors (Lipinski definition) is 1. The molecule has 0 saturated carbocycles. The summed E-state index contributed by atoms with van der Waals surface area (Å²) in [6.45, 7) is 6.55. The van der Waals surface area contributed by atoms with Crippen molar-refractivity contribution in [1.29, 1.82) is 0 Å². The molecule has 1 rings (SSSR count). The highest BCUT2D eigenvalue weighted by atomic mass is 28.3. The minimum atomic E-state index is -0.416. The van der Waals surface area contributed by atoms with Crippen LogP contribution in [0, 0.1) is 0 Å². The Morgan fingerprint density at radius 3 is 2.50 bits per heavy atom. The predicted molar refractivity (Wildman–Crippen MR) is 42.9 cm³/mol. The molecular formula is C6H12N3Si. The van der Waals surface area contributed by atoms with Crippen molar-refractivity contribution in [2.24, 2.45) is 0 Å². The van der Waals surface area contributed by atoms with Gasteiger partial charge in [-0.2, -0.15) is 15.4 Å². The highest BCUT2D eigenvalue weighted by Gasteiger charge is 2.09. The second kappa shape index (κ2) is 2.96. The van der Waals surface area contributed by atoms with Crippen LogP contribution in [0.4, 0.5) is 0 Å². The monoisotopic (exact) mass is 154 g/mol. The molecule has 10 heavy (non-hydrogen) atoms. The average Bonchev–Trinajstić information content (AvgIpc) is 2.33. The zero-order valence-electron chi connectivity index (χ0n) is 6.60. The maximum absolute atomic E-state index is 4.10. The summed E-state index contributed by atoms with van der Waals surface area (Å²) in [5.41, 5.74) is 1.14. The number of nitrogens with zero attached hydrogens (tertiary/aromatic N) is 2. The molecule has 0 aliphatic rings. The first-order valence-corrected chi connectivity index (χ1v) is 5.96. The Morgan fingerprint density at radius 2 is 2.10 bits per heavy atom. The van der Waals surface area contributed by atoms with Crippen LogP contribution < -0.4 is 5.32 Å². The van der Waals surface area contributed by atoms with E-state index in [-0.39, 0.29) is 0 Å². The summed E-state index contributed by atoms with van der Waals surface area (Å²) >= 11 is 0. The molecule has 1 N–H and O–H groups in total. The molecule has 0 fully saturated rings. The summed E-state index contributed by atoms with van der Waals surface area (Å²) in [5.74, 6) is 0. The average molecular weight is 154 g/mol. The number of rotatable bonds is 2. The summed E-state index contributed by atoms with van der Waals surface area (Å²) < 4.78 is 0. The summed E-state index contributed by atoms with van der Waals surface area (Å²) in [6.07, 6.45) is 0.988. The Kier molecular flexibility index (Phi) is 2.21. The van der Waals surface area contributed by atoms with Crippen LogP contribution in [0.2, 0.25) is 13.1 Å². The van der Waals surface area contributed by atoms with Gasteiger partial charge < -0.3 is 0 Å². The van der Waals surface area contributed by atoms with Crippen LogP contribution in [0.3, 0.4) is 0 Å². The van der Waals surface area contributed by atoms with Gasteiger partial charge in [0.15, 0.2) is 0 Å². The molecule has 3 nitrogen and oxygen atoms in total. The fourth-order valence-electron chi connectivity index (χ4n) is 0.900. The van der Waals surface area contributed by atoms with E-state index in [9.17, 15) is 0 Å². The molecule has 4 heteroatoms. The molecule has 0 saturated heterocycles. The van der Waals surface area contributed by atoms with Crippen LogP contribution in [0.1, 0.15) is 12.6 Å². The normalized spacial score (nSPS) is 10.8. The summed E-state index contributed by atoms with van der Waals surface area (Å²) in [6, 6.07) is 0. The minimum Gasteiger partial charge on any atom is -0.198 e. The van der Waals surface area contributed by atoms with Crippen molar-refractivity contribution in [3.05, 3.63) is 5.69 Å². The molecule has 1 heterocycles. The van der Waals surface area contributed by atoms with E-state index in [1.54, 1.807) is 0 Å². The summed E-state index contributed by atoms with van der Waals surface area (Å²) in [7, 11) is -0.416. The lowest BCUT2D eigenvalue weighted by Crippen LogP contribution is -2.27. The number of aryl methyl sites for hydroxylation is 1. The van der Waals surface area contributed by atoms with Crippen LogP contribution in [0.25, 0.3) is 0 Å². The molecule has 0 atom stereocenters. The number of aromatic nitrogens is 3. The van der Waals surface area contributed by atoms with Crippen molar-refractivity contribution in [2.45, 2.75) is 26.4 Å². The molecule has 0 bridgehead atoms. The van der Waals surface area contributed by atoms with E-state index < -0.39 is 8.80 Å². The van der Waals surface area contributed by atoms with E-state index >= 15 is 0 Å². The van der Waals surface area contributed by atoms with Gasteiger partial charge in [-0.1, -0.05) is 20.0 Å². The van der Waals surface area contributed by atoms with Crippen molar-refractivity contribution >= 4 is 14.1 Å². The highest BCUT2D eigenvalue weighted by molar-refractivity contribution is 6.70. The predicted octanol–water partition coefficient (Wildman–Crippen LogP) is 0.328. The van der Waals surface area contributed by atoms with Crippen LogP contribution in [0.5, 0.6) is 0 Å². The third kappa shape index (κ3) is 1.26. The lowest BCUT2D eigenvalue weighted by atomic mass is 10.4. The third-order valence-electron chi connectivity index (χ3n) is 1.43. The molecular weight excluding hydrogens is 142 g/mol. The Morgan fingerprint density at radius 1 is 1.40 bits per heavy atom. The number of nitrogens with one attached hydrogen (secondary N) is 1.